The van der Waals surface area contributed by atoms with Gasteiger partial charge in [0.2, 0.25) is 0 Å². The molecule has 0 heterocycles. The Balaban J connectivity index is 2.82. The molecule has 0 aliphatic carbocycles. The van der Waals surface area contributed by atoms with Crippen molar-refractivity contribution in [2.45, 2.75) is 30.9 Å². The highest BCUT2D eigenvalue weighted by Gasteiger charge is 2.18. The highest BCUT2D eigenvalue weighted by atomic mass is 32.2. The Hall–Kier alpha value is -0.430. The maximum atomic E-state index is 2.31. The molecule has 0 aliphatic heterocycles. The van der Waals surface area contributed by atoms with Crippen LogP contribution in [0, 0.1) is 6.92 Å². The highest BCUT2D eigenvalue weighted by molar-refractivity contribution is 7.96. The lowest BCUT2D eigenvalue weighted by molar-refractivity contribution is 1.09. The van der Waals surface area contributed by atoms with Gasteiger partial charge in [0.25, 0.3) is 0 Å². The summed E-state index contributed by atoms with van der Waals surface area (Å²) in [5.74, 6) is 0. The molecule has 12 heavy (non-hydrogen) atoms. The van der Waals surface area contributed by atoms with Gasteiger partial charge in [0.1, 0.15) is 11.5 Å². The molecular formula is C11H17S+. The number of aryl methyl sites for hydroxylation is 1. The molecule has 0 nitrogen and oxygen atoms in total. The van der Waals surface area contributed by atoms with Crippen LogP contribution in [-0.2, 0) is 10.9 Å². The molecule has 0 saturated heterocycles. The molecule has 1 atom stereocenters. The summed E-state index contributed by atoms with van der Waals surface area (Å²) in [4.78, 5) is 1.48. The first-order valence-electron chi connectivity index (χ1n) is 4.32. The summed E-state index contributed by atoms with van der Waals surface area (Å²) in [5.41, 5.74) is 1.35. The second kappa shape index (κ2) is 3.99. The lowest BCUT2D eigenvalue weighted by atomic mass is 10.2. The van der Waals surface area contributed by atoms with E-state index in [1.165, 1.54) is 10.5 Å². The molecule has 0 saturated carbocycles. The number of hydrogen-bond acceptors (Lipinski definition) is 0. The highest BCUT2D eigenvalue weighted by Crippen LogP contribution is 2.16. The van der Waals surface area contributed by atoms with Crippen LogP contribution in [0.5, 0.6) is 0 Å². The topological polar surface area (TPSA) is 0 Å². The van der Waals surface area contributed by atoms with Gasteiger partial charge < -0.3 is 0 Å². The van der Waals surface area contributed by atoms with Crippen molar-refractivity contribution in [1.82, 2.24) is 0 Å². The molecule has 0 fully saturated rings. The molecule has 0 aliphatic rings. The zero-order valence-corrected chi connectivity index (χ0v) is 9.11. The summed E-state index contributed by atoms with van der Waals surface area (Å²) in [5, 5.41) is 0.757. The van der Waals surface area contributed by atoms with Gasteiger partial charge >= 0.3 is 0 Å². The summed E-state index contributed by atoms with van der Waals surface area (Å²) in [6.07, 6.45) is 2.31. The molecule has 0 radical (unpaired) electrons. The van der Waals surface area contributed by atoms with Gasteiger partial charge in [0.15, 0.2) is 4.90 Å². The lowest BCUT2D eigenvalue weighted by Crippen LogP contribution is -2.12. The third kappa shape index (κ3) is 2.28. The molecule has 1 aromatic rings. The van der Waals surface area contributed by atoms with Crippen molar-refractivity contribution in [2.75, 3.05) is 6.26 Å². The van der Waals surface area contributed by atoms with Crippen molar-refractivity contribution in [2.24, 2.45) is 0 Å². The third-order valence-electron chi connectivity index (χ3n) is 2.10. The third-order valence-corrected chi connectivity index (χ3v) is 4.53. The lowest BCUT2D eigenvalue weighted by Gasteiger charge is -2.05. The summed E-state index contributed by atoms with van der Waals surface area (Å²) in [7, 11) is 0.407. The molecule has 0 amide bonds. The van der Waals surface area contributed by atoms with Gasteiger partial charge in [-0.3, -0.25) is 0 Å². The molecule has 1 rings (SSSR count). The van der Waals surface area contributed by atoms with Crippen LogP contribution < -0.4 is 0 Å². The van der Waals surface area contributed by atoms with Crippen LogP contribution in [0.15, 0.2) is 29.2 Å². The van der Waals surface area contributed by atoms with E-state index in [1.807, 2.05) is 0 Å². The first kappa shape index (κ1) is 9.66. The van der Waals surface area contributed by atoms with Gasteiger partial charge in [-0.1, -0.05) is 17.7 Å². The maximum Gasteiger partial charge on any atom is 0.154 e. The number of rotatable bonds is 2. The van der Waals surface area contributed by atoms with Gasteiger partial charge in [-0.05, 0) is 32.9 Å². The Labute approximate surface area is 78.3 Å². The van der Waals surface area contributed by atoms with E-state index in [0.717, 1.165) is 5.25 Å². The average Bonchev–Trinajstić information content (AvgIpc) is 2.04. The minimum absolute atomic E-state index is 0.407. The van der Waals surface area contributed by atoms with E-state index in [9.17, 15) is 0 Å². The summed E-state index contributed by atoms with van der Waals surface area (Å²) < 4.78 is 0. The van der Waals surface area contributed by atoms with Crippen molar-refractivity contribution in [3.63, 3.8) is 0 Å². The van der Waals surface area contributed by atoms with Crippen LogP contribution in [0.2, 0.25) is 0 Å². The first-order chi connectivity index (χ1) is 5.61. The van der Waals surface area contributed by atoms with Gasteiger partial charge in [0.05, 0.1) is 0 Å². The van der Waals surface area contributed by atoms with Crippen LogP contribution in [0.3, 0.4) is 0 Å². The fourth-order valence-electron chi connectivity index (χ4n) is 1.03. The Morgan fingerprint density at radius 1 is 1.08 bits per heavy atom. The molecule has 0 spiro atoms. The SMILES string of the molecule is Cc1ccc([S+](C)C(C)C)cc1. The quantitative estimate of drug-likeness (QED) is 0.615. The largest absolute Gasteiger partial charge is 0.154 e. The Bertz CT molecular complexity index is 236. The molecule has 66 valence electrons. The summed E-state index contributed by atoms with van der Waals surface area (Å²) in [6, 6.07) is 8.89. The van der Waals surface area contributed by atoms with Gasteiger partial charge in [-0.15, -0.1) is 0 Å². The van der Waals surface area contributed by atoms with E-state index in [2.05, 4.69) is 51.3 Å². The minimum Gasteiger partial charge on any atom is -0.0543 e. The van der Waals surface area contributed by atoms with E-state index in [0.29, 0.717) is 10.9 Å². The molecular weight excluding hydrogens is 164 g/mol. The van der Waals surface area contributed by atoms with Crippen LogP contribution in [0.4, 0.5) is 0 Å². The predicted octanol–water partition coefficient (Wildman–Crippen LogP) is 3.01. The van der Waals surface area contributed by atoms with Crippen molar-refractivity contribution in [3.8, 4) is 0 Å². The molecule has 1 unspecified atom stereocenters. The first-order valence-corrected chi connectivity index (χ1v) is 6.02. The van der Waals surface area contributed by atoms with Crippen molar-refractivity contribution < 1.29 is 0 Å². The summed E-state index contributed by atoms with van der Waals surface area (Å²) >= 11 is 0. The monoisotopic (exact) mass is 181 g/mol. The zero-order valence-electron chi connectivity index (χ0n) is 8.29. The second-order valence-corrected chi connectivity index (χ2v) is 5.95. The van der Waals surface area contributed by atoms with Gasteiger partial charge in [-0.25, -0.2) is 0 Å². The van der Waals surface area contributed by atoms with Gasteiger partial charge in [0, 0.05) is 10.9 Å². The Morgan fingerprint density at radius 3 is 2.00 bits per heavy atom. The van der Waals surface area contributed by atoms with E-state index in [4.69, 9.17) is 0 Å². The van der Waals surface area contributed by atoms with Crippen LogP contribution >= 0.6 is 0 Å². The smallest absolute Gasteiger partial charge is 0.0543 e. The molecule has 1 heteroatoms. The van der Waals surface area contributed by atoms with E-state index in [1.54, 1.807) is 0 Å². The standard InChI is InChI=1S/C11H17S/c1-9(2)12(4)11-7-5-10(3)6-8-11/h5-9H,1-4H3/q+1. The van der Waals surface area contributed by atoms with Crippen LogP contribution in [-0.4, -0.2) is 11.5 Å². The van der Waals surface area contributed by atoms with Crippen molar-refractivity contribution in [3.05, 3.63) is 29.8 Å². The van der Waals surface area contributed by atoms with Crippen LogP contribution in [0.1, 0.15) is 19.4 Å². The molecule has 1 aromatic carbocycles. The van der Waals surface area contributed by atoms with E-state index >= 15 is 0 Å². The Morgan fingerprint density at radius 2 is 1.58 bits per heavy atom. The maximum absolute atomic E-state index is 2.31. The van der Waals surface area contributed by atoms with E-state index < -0.39 is 0 Å². The minimum atomic E-state index is 0.407. The van der Waals surface area contributed by atoms with Crippen molar-refractivity contribution in [1.29, 1.82) is 0 Å². The predicted molar refractivity (Wildman–Crippen MR) is 57.9 cm³/mol. The fraction of sp³-hybridized carbons (Fsp3) is 0.455. The summed E-state index contributed by atoms with van der Waals surface area (Å²) in [6.45, 7) is 6.69. The normalized spacial score (nSPS) is 13.4. The van der Waals surface area contributed by atoms with Crippen molar-refractivity contribution >= 4 is 10.9 Å². The molecule has 0 bridgehead atoms. The fourth-order valence-corrected chi connectivity index (χ4v) is 2.13. The Kier molecular flexibility index (Phi) is 3.21. The number of hydrogen-bond donors (Lipinski definition) is 0. The number of benzene rings is 1. The molecule has 0 aromatic heterocycles. The van der Waals surface area contributed by atoms with E-state index in [-0.39, 0.29) is 0 Å². The zero-order chi connectivity index (χ0) is 9.14. The van der Waals surface area contributed by atoms with Gasteiger partial charge in [-0.2, -0.15) is 0 Å². The average molecular weight is 181 g/mol. The van der Waals surface area contributed by atoms with Crippen LogP contribution in [0.25, 0.3) is 0 Å². The second-order valence-electron chi connectivity index (χ2n) is 3.42. The molecule has 0 N–H and O–H groups in total.